The van der Waals surface area contributed by atoms with Crippen LogP contribution < -0.4 is 15.4 Å². The van der Waals surface area contributed by atoms with Crippen molar-refractivity contribution in [2.75, 3.05) is 17.2 Å². The molecule has 6 heteroatoms. The van der Waals surface area contributed by atoms with Crippen LogP contribution in [0.15, 0.2) is 46.9 Å². The molecular formula is C15H12BrClN2O2. The van der Waals surface area contributed by atoms with Gasteiger partial charge in [-0.3, -0.25) is 4.79 Å². The highest BCUT2D eigenvalue weighted by Crippen LogP contribution is 2.29. The minimum Gasteiger partial charge on any atom is -0.477 e. The minimum absolute atomic E-state index is 0.239. The topological polar surface area (TPSA) is 50.4 Å². The van der Waals surface area contributed by atoms with Crippen LogP contribution in [0.25, 0.3) is 0 Å². The molecule has 0 saturated carbocycles. The van der Waals surface area contributed by atoms with Crippen molar-refractivity contribution in [2.24, 2.45) is 0 Å². The summed E-state index contributed by atoms with van der Waals surface area (Å²) in [6.45, 7) is 0.411. The summed E-state index contributed by atoms with van der Waals surface area (Å²) < 4.78 is 6.55. The van der Waals surface area contributed by atoms with Gasteiger partial charge in [0.1, 0.15) is 5.75 Å². The van der Waals surface area contributed by atoms with E-state index in [2.05, 4.69) is 26.6 Å². The summed E-state index contributed by atoms with van der Waals surface area (Å²) in [5.41, 5.74) is 1.44. The zero-order chi connectivity index (χ0) is 14.8. The Morgan fingerprint density at radius 3 is 3.00 bits per heavy atom. The number of nitrogens with one attached hydrogen (secondary N) is 2. The first-order chi connectivity index (χ1) is 10.1. The lowest BCUT2D eigenvalue weighted by Crippen LogP contribution is -2.41. The Labute approximate surface area is 135 Å². The highest BCUT2D eigenvalue weighted by atomic mass is 79.9. The second kappa shape index (κ2) is 5.95. The second-order valence-electron chi connectivity index (χ2n) is 4.60. The van der Waals surface area contributed by atoms with Crippen LogP contribution in [0, 0.1) is 0 Å². The zero-order valence-electron chi connectivity index (χ0n) is 10.9. The molecule has 2 aromatic rings. The normalized spacial score (nSPS) is 16.4. The van der Waals surface area contributed by atoms with Crippen molar-refractivity contribution >= 4 is 44.8 Å². The van der Waals surface area contributed by atoms with E-state index >= 15 is 0 Å². The standard InChI is InChI=1S/C15H12BrClN2O2/c16-9-5-6-10(17)12(7-9)19-15(20)14-8-18-11-3-1-2-4-13(11)21-14/h1-7,14,18H,8H2,(H,19,20). The molecule has 0 bridgehead atoms. The van der Waals surface area contributed by atoms with Gasteiger partial charge < -0.3 is 15.4 Å². The fraction of sp³-hybridized carbons (Fsp3) is 0.133. The Hall–Kier alpha value is -1.72. The SMILES string of the molecule is O=C(Nc1cc(Br)ccc1Cl)C1CNc2ccccc2O1. The van der Waals surface area contributed by atoms with E-state index in [1.165, 1.54) is 0 Å². The number of halogens is 2. The second-order valence-corrected chi connectivity index (χ2v) is 5.92. The molecule has 0 aliphatic carbocycles. The fourth-order valence-electron chi connectivity index (χ4n) is 2.07. The van der Waals surface area contributed by atoms with Crippen molar-refractivity contribution in [3.05, 3.63) is 52.0 Å². The maximum Gasteiger partial charge on any atom is 0.267 e. The largest absolute Gasteiger partial charge is 0.477 e. The first-order valence-corrected chi connectivity index (χ1v) is 7.56. The molecule has 1 atom stereocenters. The molecule has 1 amide bonds. The van der Waals surface area contributed by atoms with E-state index in [0.29, 0.717) is 23.0 Å². The molecule has 0 saturated heterocycles. The number of carbonyl (C=O) groups excluding carboxylic acids is 1. The van der Waals surface area contributed by atoms with Crippen molar-refractivity contribution in [1.82, 2.24) is 0 Å². The molecule has 21 heavy (non-hydrogen) atoms. The Balaban J connectivity index is 1.74. The summed E-state index contributed by atoms with van der Waals surface area (Å²) in [5.74, 6) is 0.432. The number of fused-ring (bicyclic) bond motifs is 1. The quantitative estimate of drug-likeness (QED) is 0.846. The van der Waals surface area contributed by atoms with Gasteiger partial charge in [-0.25, -0.2) is 0 Å². The molecule has 1 aliphatic rings. The highest BCUT2D eigenvalue weighted by Gasteiger charge is 2.26. The number of hydrogen-bond acceptors (Lipinski definition) is 3. The average molecular weight is 368 g/mol. The van der Waals surface area contributed by atoms with E-state index in [1.807, 2.05) is 30.3 Å². The van der Waals surface area contributed by atoms with Gasteiger partial charge in [0.25, 0.3) is 5.91 Å². The summed E-state index contributed by atoms with van der Waals surface area (Å²) >= 11 is 9.42. The van der Waals surface area contributed by atoms with E-state index in [4.69, 9.17) is 16.3 Å². The average Bonchev–Trinajstić information content (AvgIpc) is 2.50. The molecule has 2 N–H and O–H groups in total. The van der Waals surface area contributed by atoms with E-state index in [-0.39, 0.29) is 5.91 Å². The molecule has 2 aromatic carbocycles. The maximum absolute atomic E-state index is 12.3. The molecule has 0 radical (unpaired) electrons. The number of amides is 1. The molecule has 0 spiro atoms. The van der Waals surface area contributed by atoms with Gasteiger partial charge in [0.05, 0.1) is 22.9 Å². The summed E-state index contributed by atoms with van der Waals surface area (Å²) in [6.07, 6.45) is -0.602. The third kappa shape index (κ3) is 3.14. The molecule has 108 valence electrons. The summed E-state index contributed by atoms with van der Waals surface area (Å²) in [5, 5.41) is 6.45. The van der Waals surface area contributed by atoms with E-state index < -0.39 is 6.10 Å². The molecule has 0 aromatic heterocycles. The van der Waals surface area contributed by atoms with Crippen LogP contribution in [-0.4, -0.2) is 18.6 Å². The monoisotopic (exact) mass is 366 g/mol. The van der Waals surface area contributed by atoms with Gasteiger partial charge in [-0.15, -0.1) is 0 Å². The van der Waals surface area contributed by atoms with Crippen LogP contribution >= 0.6 is 27.5 Å². The predicted octanol–water partition coefficient (Wildman–Crippen LogP) is 3.91. The number of rotatable bonds is 2. The lowest BCUT2D eigenvalue weighted by Gasteiger charge is -2.26. The van der Waals surface area contributed by atoms with Crippen LogP contribution in [0.3, 0.4) is 0 Å². The molecule has 3 rings (SSSR count). The number of ether oxygens (including phenoxy) is 1. The summed E-state index contributed by atoms with van der Waals surface area (Å²) in [4.78, 5) is 12.3. The van der Waals surface area contributed by atoms with Crippen molar-refractivity contribution in [1.29, 1.82) is 0 Å². The van der Waals surface area contributed by atoms with Crippen LogP contribution in [0.5, 0.6) is 5.75 Å². The Morgan fingerprint density at radius 1 is 1.33 bits per heavy atom. The summed E-state index contributed by atoms with van der Waals surface area (Å²) in [6, 6.07) is 12.8. The third-order valence-electron chi connectivity index (χ3n) is 3.11. The first-order valence-electron chi connectivity index (χ1n) is 6.39. The first kappa shape index (κ1) is 14.2. The maximum atomic E-state index is 12.3. The van der Waals surface area contributed by atoms with Gasteiger partial charge in [-0.05, 0) is 30.3 Å². The summed E-state index contributed by atoms with van der Waals surface area (Å²) in [7, 11) is 0. The van der Waals surface area contributed by atoms with Crippen LogP contribution in [0.1, 0.15) is 0 Å². The lowest BCUT2D eigenvalue weighted by molar-refractivity contribution is -0.122. The number of benzene rings is 2. The third-order valence-corrected chi connectivity index (χ3v) is 3.94. The van der Waals surface area contributed by atoms with E-state index in [0.717, 1.165) is 10.2 Å². The smallest absolute Gasteiger partial charge is 0.267 e. The van der Waals surface area contributed by atoms with Crippen molar-refractivity contribution in [3.63, 3.8) is 0 Å². The number of anilines is 2. The Kier molecular flexibility index (Phi) is 4.03. The Morgan fingerprint density at radius 2 is 2.14 bits per heavy atom. The number of carbonyl (C=O) groups is 1. The van der Waals surface area contributed by atoms with Crippen molar-refractivity contribution in [2.45, 2.75) is 6.10 Å². The van der Waals surface area contributed by atoms with Crippen LogP contribution in [-0.2, 0) is 4.79 Å². The highest BCUT2D eigenvalue weighted by molar-refractivity contribution is 9.10. The van der Waals surface area contributed by atoms with Gasteiger partial charge >= 0.3 is 0 Å². The molecule has 1 aliphatic heterocycles. The van der Waals surface area contributed by atoms with Gasteiger partial charge in [-0.1, -0.05) is 39.7 Å². The Bertz CT molecular complexity index is 693. The fourth-order valence-corrected chi connectivity index (χ4v) is 2.59. The van der Waals surface area contributed by atoms with Gasteiger partial charge in [0.2, 0.25) is 0 Å². The zero-order valence-corrected chi connectivity index (χ0v) is 13.2. The molecule has 4 nitrogen and oxygen atoms in total. The number of hydrogen-bond donors (Lipinski definition) is 2. The molecule has 1 heterocycles. The van der Waals surface area contributed by atoms with Gasteiger partial charge in [0, 0.05) is 4.47 Å². The predicted molar refractivity (Wildman–Crippen MR) is 87.1 cm³/mol. The van der Waals surface area contributed by atoms with E-state index in [9.17, 15) is 4.79 Å². The number of para-hydroxylation sites is 2. The lowest BCUT2D eigenvalue weighted by atomic mass is 10.2. The van der Waals surface area contributed by atoms with Gasteiger partial charge in [-0.2, -0.15) is 0 Å². The van der Waals surface area contributed by atoms with Crippen LogP contribution in [0.2, 0.25) is 5.02 Å². The van der Waals surface area contributed by atoms with Gasteiger partial charge in [0.15, 0.2) is 6.10 Å². The van der Waals surface area contributed by atoms with Crippen LogP contribution in [0.4, 0.5) is 11.4 Å². The molecule has 1 unspecified atom stereocenters. The molecular weight excluding hydrogens is 356 g/mol. The van der Waals surface area contributed by atoms with Crippen molar-refractivity contribution in [3.8, 4) is 5.75 Å². The van der Waals surface area contributed by atoms with Crippen molar-refractivity contribution < 1.29 is 9.53 Å². The molecule has 0 fully saturated rings. The minimum atomic E-state index is -0.602. The van der Waals surface area contributed by atoms with E-state index in [1.54, 1.807) is 12.1 Å².